The summed E-state index contributed by atoms with van der Waals surface area (Å²) in [6, 6.07) is 1.33. The first-order valence-electron chi connectivity index (χ1n) is 4.13. The van der Waals surface area contributed by atoms with Gasteiger partial charge in [-0.2, -0.15) is 0 Å². The van der Waals surface area contributed by atoms with Gasteiger partial charge in [0.05, 0.1) is 6.42 Å². The van der Waals surface area contributed by atoms with Crippen molar-refractivity contribution < 1.29 is 18.0 Å². The lowest BCUT2D eigenvalue weighted by Crippen LogP contribution is -2.01. The Morgan fingerprint density at radius 1 is 1.27 bits per heavy atom. The normalized spacial score (nSPS) is 9.33. The SMILES string of the molecule is CC#CCC(=O)c1cc(F)c(F)c(F)c1. The molecular weight excluding hydrogens is 205 g/mol. The van der Waals surface area contributed by atoms with Gasteiger partial charge in [0, 0.05) is 5.56 Å². The van der Waals surface area contributed by atoms with Crippen LogP contribution in [0.2, 0.25) is 0 Å². The predicted octanol–water partition coefficient (Wildman–Crippen LogP) is 2.70. The molecule has 15 heavy (non-hydrogen) atoms. The number of hydrogen-bond donors (Lipinski definition) is 0. The Morgan fingerprint density at radius 2 is 1.80 bits per heavy atom. The van der Waals surface area contributed by atoms with Crippen molar-refractivity contribution in [3.63, 3.8) is 0 Å². The maximum atomic E-state index is 12.7. The molecule has 0 saturated heterocycles. The highest BCUT2D eigenvalue weighted by Crippen LogP contribution is 2.14. The highest BCUT2D eigenvalue weighted by Gasteiger charge is 2.14. The van der Waals surface area contributed by atoms with Gasteiger partial charge in [-0.15, -0.1) is 5.92 Å². The molecular formula is C11H7F3O. The average molecular weight is 212 g/mol. The second kappa shape index (κ2) is 4.65. The molecule has 0 bridgehead atoms. The van der Waals surface area contributed by atoms with E-state index in [-0.39, 0.29) is 12.0 Å². The Hall–Kier alpha value is -1.76. The van der Waals surface area contributed by atoms with Crippen LogP contribution in [-0.4, -0.2) is 5.78 Å². The van der Waals surface area contributed by atoms with Crippen LogP contribution in [0, 0.1) is 29.3 Å². The Labute approximate surface area is 84.9 Å². The van der Waals surface area contributed by atoms with Crippen molar-refractivity contribution in [3.8, 4) is 11.8 Å². The smallest absolute Gasteiger partial charge is 0.194 e. The fourth-order valence-corrected chi connectivity index (χ4v) is 0.987. The topological polar surface area (TPSA) is 17.1 Å². The molecule has 0 aromatic heterocycles. The zero-order valence-electron chi connectivity index (χ0n) is 7.90. The summed E-state index contributed by atoms with van der Waals surface area (Å²) in [7, 11) is 0. The van der Waals surface area contributed by atoms with Gasteiger partial charge in [-0.3, -0.25) is 4.79 Å². The summed E-state index contributed by atoms with van der Waals surface area (Å²) in [5.74, 6) is 0.0781. The minimum atomic E-state index is -1.58. The van der Waals surface area contributed by atoms with Crippen molar-refractivity contribution in [1.82, 2.24) is 0 Å². The molecule has 1 nitrogen and oxygen atoms in total. The van der Waals surface area contributed by atoms with Crippen LogP contribution in [0.5, 0.6) is 0 Å². The molecule has 0 heterocycles. The fraction of sp³-hybridized carbons (Fsp3) is 0.182. The van der Waals surface area contributed by atoms with E-state index >= 15 is 0 Å². The van der Waals surface area contributed by atoms with Gasteiger partial charge in [0.15, 0.2) is 23.2 Å². The van der Waals surface area contributed by atoms with Crippen LogP contribution in [-0.2, 0) is 0 Å². The maximum absolute atomic E-state index is 12.7. The van der Waals surface area contributed by atoms with E-state index in [2.05, 4.69) is 11.8 Å². The Bertz CT molecular complexity index is 432. The number of rotatable bonds is 2. The van der Waals surface area contributed by atoms with E-state index in [9.17, 15) is 18.0 Å². The lowest BCUT2D eigenvalue weighted by Gasteiger charge is -1.99. The van der Waals surface area contributed by atoms with Crippen LogP contribution in [0.3, 0.4) is 0 Å². The molecule has 1 aromatic rings. The van der Waals surface area contributed by atoms with Gasteiger partial charge in [0.25, 0.3) is 0 Å². The number of ketones is 1. The molecule has 0 radical (unpaired) electrons. The summed E-state index contributed by atoms with van der Waals surface area (Å²) in [6.45, 7) is 1.54. The third kappa shape index (κ3) is 2.59. The standard InChI is InChI=1S/C11H7F3O/c1-2-3-4-10(15)7-5-8(12)11(14)9(13)6-7/h5-6H,4H2,1H3. The van der Waals surface area contributed by atoms with Crippen LogP contribution in [0.4, 0.5) is 13.2 Å². The molecule has 0 N–H and O–H groups in total. The first-order chi connectivity index (χ1) is 7.06. The zero-order chi connectivity index (χ0) is 11.4. The fourth-order valence-electron chi connectivity index (χ4n) is 0.987. The van der Waals surface area contributed by atoms with Gasteiger partial charge in [-0.1, -0.05) is 5.92 Å². The van der Waals surface area contributed by atoms with Crippen molar-refractivity contribution >= 4 is 5.78 Å². The minimum Gasteiger partial charge on any atom is -0.293 e. The molecule has 0 saturated carbocycles. The second-order valence-corrected chi connectivity index (χ2v) is 2.78. The second-order valence-electron chi connectivity index (χ2n) is 2.78. The molecule has 1 rings (SSSR count). The summed E-state index contributed by atoms with van der Waals surface area (Å²) in [6.07, 6.45) is -0.138. The largest absolute Gasteiger partial charge is 0.293 e. The van der Waals surface area contributed by atoms with E-state index in [1.54, 1.807) is 6.92 Å². The van der Waals surface area contributed by atoms with E-state index in [0.717, 1.165) is 0 Å². The molecule has 0 aliphatic heterocycles. The lowest BCUT2D eigenvalue weighted by molar-refractivity contribution is 0.0997. The van der Waals surface area contributed by atoms with Gasteiger partial charge in [0.1, 0.15) is 0 Å². The Morgan fingerprint density at radius 3 is 2.27 bits per heavy atom. The van der Waals surface area contributed by atoms with Crippen molar-refractivity contribution in [1.29, 1.82) is 0 Å². The van der Waals surface area contributed by atoms with Crippen LogP contribution < -0.4 is 0 Å². The summed E-state index contributed by atoms with van der Waals surface area (Å²) in [4.78, 5) is 11.3. The quantitative estimate of drug-likeness (QED) is 0.418. The predicted molar refractivity (Wildman–Crippen MR) is 48.7 cm³/mol. The number of halogens is 3. The molecule has 0 atom stereocenters. The highest BCUT2D eigenvalue weighted by atomic mass is 19.2. The average Bonchev–Trinajstić information content (AvgIpc) is 2.21. The molecule has 0 amide bonds. The van der Waals surface area contributed by atoms with Crippen LogP contribution >= 0.6 is 0 Å². The van der Waals surface area contributed by atoms with Gasteiger partial charge in [-0.05, 0) is 19.1 Å². The molecule has 1 aromatic carbocycles. The summed E-state index contributed by atoms with van der Waals surface area (Å²) in [5.41, 5.74) is -0.214. The Kier molecular flexibility index (Phi) is 3.51. The highest BCUT2D eigenvalue weighted by molar-refractivity contribution is 5.97. The Balaban J connectivity index is 3.04. The van der Waals surface area contributed by atoms with Crippen LogP contribution in [0.25, 0.3) is 0 Å². The van der Waals surface area contributed by atoms with Crippen molar-refractivity contribution in [2.75, 3.05) is 0 Å². The summed E-state index contributed by atoms with van der Waals surface area (Å²) in [5, 5.41) is 0. The molecule has 0 unspecified atom stereocenters. The van der Waals surface area contributed by atoms with Crippen LogP contribution in [0.15, 0.2) is 12.1 Å². The molecule has 0 fully saturated rings. The molecule has 78 valence electrons. The van der Waals surface area contributed by atoms with E-state index in [0.29, 0.717) is 12.1 Å². The monoisotopic (exact) mass is 212 g/mol. The number of hydrogen-bond acceptors (Lipinski definition) is 1. The molecule has 0 aliphatic rings. The number of carbonyl (C=O) groups is 1. The van der Waals surface area contributed by atoms with Crippen molar-refractivity contribution in [2.45, 2.75) is 13.3 Å². The van der Waals surface area contributed by atoms with E-state index in [4.69, 9.17) is 0 Å². The maximum Gasteiger partial charge on any atom is 0.194 e. The number of carbonyl (C=O) groups excluding carboxylic acids is 1. The lowest BCUT2D eigenvalue weighted by atomic mass is 10.1. The van der Waals surface area contributed by atoms with Crippen molar-refractivity contribution in [2.24, 2.45) is 0 Å². The zero-order valence-corrected chi connectivity index (χ0v) is 7.90. The van der Waals surface area contributed by atoms with E-state index in [1.165, 1.54) is 0 Å². The molecule has 0 aliphatic carbocycles. The minimum absolute atomic E-state index is 0.138. The summed E-state index contributed by atoms with van der Waals surface area (Å²) < 4.78 is 38.0. The summed E-state index contributed by atoms with van der Waals surface area (Å²) >= 11 is 0. The van der Waals surface area contributed by atoms with Gasteiger partial charge in [-0.25, -0.2) is 13.2 Å². The molecule has 4 heteroatoms. The van der Waals surface area contributed by atoms with Crippen molar-refractivity contribution in [3.05, 3.63) is 35.1 Å². The van der Waals surface area contributed by atoms with Gasteiger partial charge < -0.3 is 0 Å². The van der Waals surface area contributed by atoms with Gasteiger partial charge >= 0.3 is 0 Å². The number of Topliss-reactive ketones (excluding diaryl/α,β-unsaturated/α-hetero) is 1. The van der Waals surface area contributed by atoms with Crippen LogP contribution in [0.1, 0.15) is 23.7 Å². The third-order valence-electron chi connectivity index (χ3n) is 1.73. The van der Waals surface area contributed by atoms with Gasteiger partial charge in [0.2, 0.25) is 0 Å². The van der Waals surface area contributed by atoms with E-state index < -0.39 is 23.2 Å². The first kappa shape index (κ1) is 11.3. The third-order valence-corrected chi connectivity index (χ3v) is 1.73. The number of benzene rings is 1. The first-order valence-corrected chi connectivity index (χ1v) is 4.13. The molecule has 0 spiro atoms. The van der Waals surface area contributed by atoms with E-state index in [1.807, 2.05) is 0 Å².